The number of rotatable bonds is 3. The Bertz CT molecular complexity index is 319. The molecule has 0 amide bonds. The van der Waals surface area contributed by atoms with Crippen LogP contribution in [0.15, 0.2) is 0 Å². The summed E-state index contributed by atoms with van der Waals surface area (Å²) in [6.45, 7) is 1.55. The van der Waals surface area contributed by atoms with E-state index in [-0.39, 0.29) is 13.2 Å². The van der Waals surface area contributed by atoms with Gasteiger partial charge in [0, 0.05) is 5.92 Å². The molecule has 6 heteroatoms. The Kier molecular flexibility index (Phi) is 5.11. The van der Waals surface area contributed by atoms with Crippen molar-refractivity contribution < 1.29 is 22.1 Å². The molecule has 0 aromatic carbocycles. The molecular formula is C7H10O5S. The monoisotopic (exact) mass is 206 g/mol. The number of carbonyl (C=O) groups is 1. The van der Waals surface area contributed by atoms with E-state index in [1.54, 1.807) is 6.92 Å². The van der Waals surface area contributed by atoms with Crippen LogP contribution in [0.5, 0.6) is 0 Å². The highest BCUT2D eigenvalue weighted by molar-refractivity contribution is 7.85. The van der Waals surface area contributed by atoms with Crippen molar-refractivity contribution in [1.29, 1.82) is 0 Å². The standard InChI is InChI=1S/C7H10O5S/c1-3-11-7(8)5-4-6-12-13(2,9)10/h3,6H2,1-2H3. The van der Waals surface area contributed by atoms with E-state index in [1.165, 1.54) is 0 Å². The van der Waals surface area contributed by atoms with E-state index in [4.69, 9.17) is 0 Å². The average Bonchev–Trinajstić information content (AvgIpc) is 1.97. The second kappa shape index (κ2) is 5.56. The summed E-state index contributed by atoms with van der Waals surface area (Å²) in [4.78, 5) is 10.6. The largest absolute Gasteiger partial charge is 0.456 e. The molecule has 0 rings (SSSR count). The van der Waals surface area contributed by atoms with E-state index in [0.29, 0.717) is 0 Å². The highest BCUT2D eigenvalue weighted by Crippen LogP contribution is 1.83. The molecule has 0 aliphatic heterocycles. The van der Waals surface area contributed by atoms with Crippen LogP contribution in [0.25, 0.3) is 0 Å². The van der Waals surface area contributed by atoms with Crippen LogP contribution in [0.2, 0.25) is 0 Å². The zero-order valence-electron chi connectivity index (χ0n) is 7.36. The lowest BCUT2D eigenvalue weighted by Crippen LogP contribution is -2.04. The van der Waals surface area contributed by atoms with Crippen LogP contribution in [0.3, 0.4) is 0 Å². The van der Waals surface area contributed by atoms with Crippen LogP contribution in [0.1, 0.15) is 6.92 Å². The molecular weight excluding hydrogens is 196 g/mol. The van der Waals surface area contributed by atoms with E-state index in [0.717, 1.165) is 6.26 Å². The fourth-order valence-electron chi connectivity index (χ4n) is 0.412. The summed E-state index contributed by atoms with van der Waals surface area (Å²) in [5, 5.41) is 0. The number of hydrogen-bond donors (Lipinski definition) is 0. The summed E-state index contributed by atoms with van der Waals surface area (Å²) in [5.41, 5.74) is 0. The fourth-order valence-corrected chi connectivity index (χ4v) is 0.685. The Hall–Kier alpha value is -1.06. The Morgan fingerprint density at radius 3 is 2.54 bits per heavy atom. The molecule has 0 spiro atoms. The molecule has 0 fully saturated rings. The molecule has 5 nitrogen and oxygen atoms in total. The second-order valence-corrected chi connectivity index (χ2v) is 3.63. The highest BCUT2D eigenvalue weighted by Gasteiger charge is 1.98. The molecule has 0 aliphatic carbocycles. The predicted octanol–water partition coefficient (Wildman–Crippen LogP) is -0.471. The Labute approximate surface area is 77.2 Å². The van der Waals surface area contributed by atoms with Gasteiger partial charge in [-0.25, -0.2) is 4.79 Å². The van der Waals surface area contributed by atoms with Gasteiger partial charge in [0.25, 0.3) is 10.1 Å². The van der Waals surface area contributed by atoms with Gasteiger partial charge in [0.1, 0.15) is 6.61 Å². The first-order valence-electron chi connectivity index (χ1n) is 3.45. The number of esters is 1. The molecule has 74 valence electrons. The third-order valence-electron chi connectivity index (χ3n) is 0.811. The molecule has 0 saturated heterocycles. The third kappa shape index (κ3) is 8.85. The minimum Gasteiger partial charge on any atom is -0.456 e. The van der Waals surface area contributed by atoms with Crippen LogP contribution in [-0.2, 0) is 23.8 Å². The number of ether oxygens (including phenoxy) is 1. The summed E-state index contributed by atoms with van der Waals surface area (Å²) in [5.74, 6) is 3.56. The molecule has 0 unspecified atom stereocenters. The molecule has 0 saturated carbocycles. The molecule has 0 radical (unpaired) electrons. The summed E-state index contributed by atoms with van der Waals surface area (Å²) < 4.78 is 29.5. The van der Waals surface area contributed by atoms with Crippen LogP contribution in [-0.4, -0.2) is 33.9 Å². The maximum absolute atomic E-state index is 10.6. The van der Waals surface area contributed by atoms with E-state index in [1.807, 2.05) is 0 Å². The Morgan fingerprint density at radius 2 is 2.08 bits per heavy atom. The van der Waals surface area contributed by atoms with Crippen molar-refractivity contribution in [2.75, 3.05) is 19.5 Å². The third-order valence-corrected chi connectivity index (χ3v) is 1.36. The minimum absolute atomic E-state index is 0.237. The van der Waals surface area contributed by atoms with Crippen LogP contribution >= 0.6 is 0 Å². The summed E-state index contributed by atoms with van der Waals surface area (Å²) in [7, 11) is -3.49. The molecule has 13 heavy (non-hydrogen) atoms. The van der Waals surface area contributed by atoms with Crippen molar-refractivity contribution in [3.05, 3.63) is 0 Å². The fraction of sp³-hybridized carbons (Fsp3) is 0.571. The van der Waals surface area contributed by atoms with Crippen molar-refractivity contribution in [3.63, 3.8) is 0 Å². The van der Waals surface area contributed by atoms with Gasteiger partial charge >= 0.3 is 5.97 Å². The Balaban J connectivity index is 3.81. The zero-order chi connectivity index (χ0) is 10.3. The first-order valence-corrected chi connectivity index (χ1v) is 5.27. The molecule has 0 N–H and O–H groups in total. The maximum Gasteiger partial charge on any atom is 0.384 e. The van der Waals surface area contributed by atoms with Gasteiger partial charge in [0.05, 0.1) is 12.9 Å². The van der Waals surface area contributed by atoms with Crippen molar-refractivity contribution in [1.82, 2.24) is 0 Å². The lowest BCUT2D eigenvalue weighted by atomic mass is 10.6. The SMILES string of the molecule is CCOC(=O)C#CCOS(C)(=O)=O. The summed E-state index contributed by atoms with van der Waals surface area (Å²) in [6.07, 6.45) is 0.902. The average molecular weight is 206 g/mol. The van der Waals surface area contributed by atoms with Crippen molar-refractivity contribution in [2.24, 2.45) is 0 Å². The molecule has 0 heterocycles. The highest BCUT2D eigenvalue weighted by atomic mass is 32.2. The number of carbonyl (C=O) groups excluding carboxylic acids is 1. The van der Waals surface area contributed by atoms with Gasteiger partial charge in [-0.15, -0.1) is 0 Å². The smallest absolute Gasteiger partial charge is 0.384 e. The van der Waals surface area contributed by atoms with Crippen molar-refractivity contribution in [3.8, 4) is 11.8 Å². The van der Waals surface area contributed by atoms with Crippen molar-refractivity contribution in [2.45, 2.75) is 6.92 Å². The van der Waals surface area contributed by atoms with Gasteiger partial charge in [-0.1, -0.05) is 5.92 Å². The van der Waals surface area contributed by atoms with E-state index in [2.05, 4.69) is 20.8 Å². The Morgan fingerprint density at radius 1 is 1.46 bits per heavy atom. The molecule has 0 aromatic rings. The van der Waals surface area contributed by atoms with Crippen molar-refractivity contribution >= 4 is 16.1 Å². The van der Waals surface area contributed by atoms with Gasteiger partial charge in [-0.3, -0.25) is 4.18 Å². The van der Waals surface area contributed by atoms with Gasteiger partial charge < -0.3 is 4.74 Å². The molecule has 0 aliphatic rings. The van der Waals surface area contributed by atoms with E-state index >= 15 is 0 Å². The molecule has 0 atom stereocenters. The first-order chi connectivity index (χ1) is 5.95. The van der Waals surface area contributed by atoms with Gasteiger partial charge in [0.15, 0.2) is 0 Å². The number of hydrogen-bond acceptors (Lipinski definition) is 5. The lowest BCUT2D eigenvalue weighted by molar-refractivity contribution is -0.136. The topological polar surface area (TPSA) is 69.7 Å². The molecule has 0 aromatic heterocycles. The summed E-state index contributed by atoms with van der Waals surface area (Å²) >= 11 is 0. The van der Waals surface area contributed by atoms with Crippen LogP contribution < -0.4 is 0 Å². The van der Waals surface area contributed by atoms with Crippen LogP contribution in [0, 0.1) is 11.8 Å². The maximum atomic E-state index is 10.6. The van der Waals surface area contributed by atoms with E-state index < -0.39 is 16.1 Å². The quantitative estimate of drug-likeness (QED) is 0.270. The first kappa shape index (κ1) is 11.9. The van der Waals surface area contributed by atoms with Gasteiger partial charge in [-0.2, -0.15) is 8.42 Å². The minimum atomic E-state index is -3.49. The second-order valence-electron chi connectivity index (χ2n) is 1.99. The zero-order valence-corrected chi connectivity index (χ0v) is 8.18. The lowest BCUT2D eigenvalue weighted by Gasteiger charge is -1.92. The van der Waals surface area contributed by atoms with Gasteiger partial charge in [-0.05, 0) is 6.92 Å². The predicted molar refractivity (Wildman–Crippen MR) is 45.2 cm³/mol. The van der Waals surface area contributed by atoms with E-state index in [9.17, 15) is 13.2 Å². The summed E-state index contributed by atoms with van der Waals surface area (Å²) in [6, 6.07) is 0. The molecule has 0 bridgehead atoms. The van der Waals surface area contributed by atoms with Gasteiger partial charge in [0.2, 0.25) is 0 Å². The van der Waals surface area contributed by atoms with Crippen LogP contribution in [0.4, 0.5) is 0 Å². The normalized spacial score (nSPS) is 10.0.